The van der Waals surface area contributed by atoms with Gasteiger partial charge < -0.3 is 74.6 Å². The fourth-order valence-electron chi connectivity index (χ4n) is 16.2. The molecule has 0 radical (unpaired) electrons. The van der Waals surface area contributed by atoms with Gasteiger partial charge >= 0.3 is 0 Å². The quantitative estimate of drug-likeness (QED) is 0.0142. The van der Waals surface area contributed by atoms with E-state index in [0.717, 1.165) is 32.5 Å². The predicted octanol–water partition coefficient (Wildman–Crippen LogP) is 16.1. The Morgan fingerprint density at radius 1 is 0.404 bits per heavy atom. The molecule has 14 rings (SSSR count). The van der Waals surface area contributed by atoms with Gasteiger partial charge in [-0.05, 0) is 299 Å². The second-order valence-corrected chi connectivity index (χ2v) is 37.1. The van der Waals surface area contributed by atoms with Crippen LogP contribution in [-0.4, -0.2) is 127 Å². The highest BCUT2D eigenvalue weighted by atomic mass is 32.1. The summed E-state index contributed by atoms with van der Waals surface area (Å²) in [6.45, 7) is 33.3. The van der Waals surface area contributed by atoms with Crippen molar-refractivity contribution in [2.45, 2.75) is 181 Å². The van der Waals surface area contributed by atoms with Crippen LogP contribution >= 0.6 is 22.7 Å². The van der Waals surface area contributed by atoms with Gasteiger partial charge in [0.25, 0.3) is 70.4 Å². The molecule has 1 saturated heterocycles. The van der Waals surface area contributed by atoms with Crippen LogP contribution in [0.5, 0.6) is 0 Å². The molecule has 3 unspecified atom stereocenters. The van der Waals surface area contributed by atoms with Crippen molar-refractivity contribution in [2.75, 3.05) is 34.5 Å². The third kappa shape index (κ3) is 22.9. The molecule has 0 bridgehead atoms. The van der Waals surface area contributed by atoms with Gasteiger partial charge in [0, 0.05) is 108 Å². The summed E-state index contributed by atoms with van der Waals surface area (Å²) in [4.78, 5) is 172. The van der Waals surface area contributed by atoms with Crippen molar-refractivity contribution in [1.29, 1.82) is 0 Å². The summed E-state index contributed by atoms with van der Waals surface area (Å²) in [6, 6.07) is 19.4. The summed E-state index contributed by atoms with van der Waals surface area (Å²) < 4.78 is 76.2. The van der Waals surface area contributed by atoms with E-state index in [9.17, 15) is 75.1 Å². The van der Waals surface area contributed by atoms with E-state index in [1.807, 2.05) is 39.8 Å². The number of thiophene rings is 1. The number of amides is 8. The molecule has 32 nitrogen and oxygen atoms in total. The molecule has 3 atom stereocenters. The maximum Gasteiger partial charge on any atom is 0.294 e. The average Bonchev–Trinajstić information content (AvgIpc) is 1.62. The zero-order valence-corrected chi connectivity index (χ0v) is 81.4. The van der Waals surface area contributed by atoms with Crippen LogP contribution in [0.2, 0.25) is 0 Å². The van der Waals surface area contributed by atoms with E-state index in [-0.39, 0.29) is 86.8 Å². The Morgan fingerprint density at radius 3 is 1.03 bits per heavy atom. The predicted molar refractivity (Wildman–Crippen MR) is 503 cm³/mol. The molecule has 8 aromatic heterocycles. The van der Waals surface area contributed by atoms with Crippen LogP contribution in [0.25, 0.3) is 0 Å². The van der Waals surface area contributed by atoms with E-state index in [2.05, 4.69) is 67.8 Å². The van der Waals surface area contributed by atoms with Crippen molar-refractivity contribution in [1.82, 2.24) is 64.8 Å². The molecule has 1 aliphatic carbocycles. The molecule has 4 aromatic carbocycles. The lowest BCUT2D eigenvalue weighted by atomic mass is 9.91. The van der Waals surface area contributed by atoms with Gasteiger partial charge in [-0.25, -0.2) is 22.5 Å². The summed E-state index contributed by atoms with van der Waals surface area (Å²) in [5, 5.41) is 30.3. The van der Waals surface area contributed by atoms with Crippen molar-refractivity contribution in [3.63, 3.8) is 0 Å². The van der Waals surface area contributed by atoms with Gasteiger partial charge in [0.15, 0.2) is 11.6 Å². The number of ether oxygens (including phenoxy) is 1. The number of benzene rings is 4. The molecule has 2 fully saturated rings. The molecule has 9 heterocycles. The van der Waals surface area contributed by atoms with Crippen molar-refractivity contribution in [3.05, 3.63) is 270 Å². The summed E-state index contributed by atoms with van der Waals surface area (Å²) in [5.41, 5.74) is 7.99. The topological polar surface area (TPSA) is 421 Å². The number of hydrogen-bond acceptors (Lipinski definition) is 22. The van der Waals surface area contributed by atoms with E-state index < -0.39 is 88.0 Å². The lowest BCUT2D eigenvalue weighted by Gasteiger charge is -2.28. The smallest absolute Gasteiger partial charge is 0.294 e. The second-order valence-electron chi connectivity index (χ2n) is 34.5. The maximum absolute atomic E-state index is 13.6. The number of thiazole rings is 1. The molecule has 716 valence electrons. The van der Waals surface area contributed by atoms with Gasteiger partial charge in [-0.1, -0.05) is 10.3 Å². The molecule has 136 heavy (non-hydrogen) atoms. The van der Waals surface area contributed by atoms with E-state index in [4.69, 9.17) is 13.8 Å². The molecule has 1 saturated carbocycles. The van der Waals surface area contributed by atoms with Crippen LogP contribution in [0.1, 0.15) is 258 Å². The van der Waals surface area contributed by atoms with E-state index in [1.165, 1.54) is 87.2 Å². The first-order chi connectivity index (χ1) is 64.0. The molecule has 8 amide bonds. The van der Waals surface area contributed by atoms with Crippen molar-refractivity contribution in [2.24, 2.45) is 40.0 Å². The molecule has 38 heteroatoms. The zero-order chi connectivity index (χ0) is 100.0. The number of nitrogens with zero attached hydrogens (tertiary/aromatic N) is 9. The number of ketones is 4. The average molecular weight is 1910 g/mol. The Hall–Kier alpha value is -14.3. The lowest BCUT2D eigenvalue weighted by molar-refractivity contribution is -0.119. The van der Waals surface area contributed by atoms with Gasteiger partial charge in [0.2, 0.25) is 11.8 Å². The summed E-state index contributed by atoms with van der Waals surface area (Å²) >= 11 is 3.07. The zero-order valence-electron chi connectivity index (χ0n) is 79.8. The molecule has 1 aliphatic heterocycles. The molecule has 12 aromatic rings. The standard InChI is InChI=1S/C26H30FN5O5.C25H27FN4O3S.C25H28FN3O3S.C22H24FN5O4/c1-13-12-18(6-7-19(13)27)29-24(34)20-14(2)22(32(5)15(20)3)23(33)25(35)30-21(17-8-10-36-11-9-17)26-28-16(4)31-37-26;1-12-10-17(8-9-18(12)26)28-23(32)19-14(3)21(30(5)15(19)4)22(31)24(33)29-20(16-6-7-16)25-27-11-13(2)34-25;1-13-12-17(9-10-18(13)26)27-23(31)20-15(3)21(29(7)16(20)4)22(30)24(32)28-25(5,6)19-11-8-14(2)33-19;1-10-9-15(7-8-16(10)23)26-20(30)17-11(2)18(28(6)13(17)4)19(29)21(31)24-12(3)22-25-14(5)27-32-22/h6-7,12,17,21H,8-11H2,1-5H3,(H,29,34)(H,30,35);8-11,16,20H,6-7H2,1-5H3,(H,28,32)(H,29,33);8-12H,1-7H3,(H,27,31)(H,28,32);7-9,12H,1-6H3,(H,24,31)(H,26,30). The Morgan fingerprint density at radius 2 is 0.728 bits per heavy atom. The summed E-state index contributed by atoms with van der Waals surface area (Å²) in [6.07, 6.45) is 5.05. The van der Waals surface area contributed by atoms with Gasteiger partial charge in [-0.2, -0.15) is 9.97 Å². The number of carbonyl (C=O) groups excluding carboxylic acids is 12. The van der Waals surface area contributed by atoms with Crippen molar-refractivity contribution in [3.8, 4) is 0 Å². The first kappa shape index (κ1) is 102. The van der Waals surface area contributed by atoms with Crippen LogP contribution < -0.4 is 42.5 Å². The Labute approximate surface area is 790 Å². The Bertz CT molecular complexity index is 6750. The van der Waals surface area contributed by atoms with Gasteiger partial charge in [-0.15, -0.1) is 22.7 Å². The first-order valence-electron chi connectivity index (χ1n) is 43.5. The third-order valence-corrected chi connectivity index (χ3v) is 26.5. The summed E-state index contributed by atoms with van der Waals surface area (Å²) in [7, 11) is 6.53. The first-order valence-corrected chi connectivity index (χ1v) is 45.2. The minimum absolute atomic E-state index is 0.0397. The number of rotatable bonds is 26. The molecule has 2 aliphatic rings. The highest BCUT2D eigenvalue weighted by Crippen LogP contribution is 2.43. The minimum atomic E-state index is -0.863. The van der Waals surface area contributed by atoms with Crippen molar-refractivity contribution < 1.29 is 88.9 Å². The Balaban J connectivity index is 0.000000174. The molecular formula is C98H109F4N17O15S2. The van der Waals surface area contributed by atoms with Gasteiger partial charge in [0.05, 0.1) is 56.6 Å². The number of halogens is 4. The summed E-state index contributed by atoms with van der Waals surface area (Å²) in [5.74, 6) is -7.91. The van der Waals surface area contributed by atoms with Crippen LogP contribution in [0.15, 0.2) is 100 Å². The van der Waals surface area contributed by atoms with Crippen molar-refractivity contribution >= 4 is 116 Å². The Kier molecular flexibility index (Phi) is 32.0. The number of anilines is 4. The molecule has 0 spiro atoms. The SMILES string of the molecule is Cc1ccc(C(C)(C)NC(=O)C(=O)c2c(C)c(C(=O)Nc3ccc(F)c(C)c3)c(C)n2C)s1.Cc1cnc(C(NC(=O)C(=O)c2c(C)c(C(=O)Nc3ccc(F)c(C)c3)c(C)n2C)C2CC2)s1.Cc1noc(C(C)NC(=O)C(=O)c2c(C)c(C(=O)Nc3ccc(F)c(C)c3)c(C)n2C)n1.Cc1noc(C(NC(=O)C(=O)c2c(C)c(C(=O)Nc3ccc(F)c(C)c3)c(C)n2C)C2CCOCC2)n1. The number of aromatic nitrogens is 9. The number of aryl methyl sites for hydroxylation is 8. The highest BCUT2D eigenvalue weighted by molar-refractivity contribution is 7.12. The second kappa shape index (κ2) is 42.5. The number of nitrogens with one attached hydrogen (secondary N) is 8. The van der Waals surface area contributed by atoms with E-state index >= 15 is 0 Å². The van der Waals surface area contributed by atoms with Gasteiger partial charge in [0.1, 0.15) is 40.4 Å². The lowest BCUT2D eigenvalue weighted by Crippen LogP contribution is -2.44. The highest BCUT2D eigenvalue weighted by Gasteiger charge is 2.41. The molecule has 8 N–H and O–H groups in total. The normalized spacial score (nSPS) is 13.1. The number of carbonyl (C=O) groups is 12. The van der Waals surface area contributed by atoms with Crippen LogP contribution in [0, 0.1) is 146 Å². The third-order valence-electron chi connectivity index (χ3n) is 24.1. The van der Waals surface area contributed by atoms with Gasteiger partial charge in [-0.3, -0.25) is 57.5 Å². The largest absolute Gasteiger partial charge is 0.381 e. The molecular weight excluding hydrogens is 1800 g/mol. The fraction of sp³-hybridized carbons (Fsp3) is 0.357. The monoisotopic (exact) mass is 1900 g/mol. The minimum Gasteiger partial charge on any atom is -0.381 e. The fourth-order valence-corrected chi connectivity index (χ4v) is 18.1. The van der Waals surface area contributed by atoms with Crippen LogP contribution in [0.3, 0.4) is 0 Å². The van der Waals surface area contributed by atoms with E-state index in [0.29, 0.717) is 139 Å². The van der Waals surface area contributed by atoms with E-state index in [1.54, 1.807) is 165 Å². The van der Waals surface area contributed by atoms with Crippen LogP contribution in [0.4, 0.5) is 40.3 Å². The van der Waals surface area contributed by atoms with Crippen LogP contribution in [-0.2, 0) is 57.6 Å². The number of Topliss-reactive ketones (excluding diaryl/α,β-unsaturated/α-hetero) is 4. The number of hydrogen-bond donors (Lipinski definition) is 8. The maximum atomic E-state index is 13.6.